The van der Waals surface area contributed by atoms with Crippen molar-refractivity contribution in [3.63, 3.8) is 0 Å². The normalized spacial score (nSPS) is 14.7. The third-order valence-electron chi connectivity index (χ3n) is 11.5. The highest BCUT2D eigenvalue weighted by Crippen LogP contribution is 2.34. The Morgan fingerprint density at radius 1 is 0.903 bits per heavy atom. The largest absolute Gasteiger partial charge is 0.395 e. The molecule has 0 spiro atoms. The number of benzene rings is 4. The molecular formula is C46H49Cl3N6O6S. The summed E-state index contributed by atoms with van der Waals surface area (Å²) in [6.45, 7) is 8.41. The van der Waals surface area contributed by atoms with Crippen LogP contribution in [0.5, 0.6) is 0 Å². The number of rotatable bonds is 16. The lowest BCUT2D eigenvalue weighted by Crippen LogP contribution is -2.39. The molecule has 1 unspecified atom stereocenters. The van der Waals surface area contributed by atoms with Crippen LogP contribution in [0.15, 0.2) is 77.7 Å². The molecule has 326 valence electrons. The smallest absolute Gasteiger partial charge is 0.275 e. The highest BCUT2D eigenvalue weighted by molar-refractivity contribution is 7.90. The molecule has 2 aliphatic rings. The van der Waals surface area contributed by atoms with E-state index in [2.05, 4.69) is 28.8 Å². The number of aliphatic hydroxyl groups excluding tert-OH is 1. The Morgan fingerprint density at radius 3 is 2.35 bits per heavy atom. The number of carbonyl (C=O) groups is 3. The number of ketones is 1. The third kappa shape index (κ3) is 9.44. The Bertz CT molecular complexity index is 2640. The van der Waals surface area contributed by atoms with Gasteiger partial charge in [0, 0.05) is 61.1 Å². The summed E-state index contributed by atoms with van der Waals surface area (Å²) in [6.07, 6.45) is 4.40. The zero-order valence-corrected chi connectivity index (χ0v) is 37.9. The molecule has 2 amide bonds. The first-order chi connectivity index (χ1) is 29.7. The van der Waals surface area contributed by atoms with E-state index in [1.165, 1.54) is 28.9 Å². The van der Waals surface area contributed by atoms with Gasteiger partial charge in [-0.1, -0.05) is 85.8 Å². The van der Waals surface area contributed by atoms with Gasteiger partial charge in [-0.15, -0.1) is 0 Å². The van der Waals surface area contributed by atoms with Crippen LogP contribution in [0.2, 0.25) is 15.1 Å². The molecule has 1 atom stereocenters. The quantitative estimate of drug-likeness (QED) is 0.0834. The monoisotopic (exact) mass is 918 g/mol. The highest BCUT2D eigenvalue weighted by Gasteiger charge is 2.30. The molecule has 12 nitrogen and oxygen atoms in total. The van der Waals surface area contributed by atoms with Gasteiger partial charge in [0.15, 0.2) is 11.5 Å². The number of halogens is 3. The Hall–Kier alpha value is -4.76. The minimum Gasteiger partial charge on any atom is -0.395 e. The van der Waals surface area contributed by atoms with Crippen LogP contribution in [0.25, 0.3) is 5.69 Å². The van der Waals surface area contributed by atoms with E-state index in [4.69, 9.17) is 39.9 Å². The molecule has 62 heavy (non-hydrogen) atoms. The van der Waals surface area contributed by atoms with Gasteiger partial charge < -0.3 is 20.2 Å². The third-order valence-corrected chi connectivity index (χ3v) is 14.1. The molecule has 0 radical (unpaired) electrons. The predicted molar refractivity (Wildman–Crippen MR) is 243 cm³/mol. The van der Waals surface area contributed by atoms with Crippen molar-refractivity contribution in [1.29, 1.82) is 0 Å². The number of nitrogens with zero attached hydrogens (tertiary/aromatic N) is 4. The number of carbonyl (C=O) groups excluding carboxylic acids is 3. The minimum absolute atomic E-state index is 0.0391. The number of sulfonamides is 1. The first-order valence-corrected chi connectivity index (χ1v) is 23.4. The van der Waals surface area contributed by atoms with E-state index < -0.39 is 21.7 Å². The van der Waals surface area contributed by atoms with Crippen LogP contribution < -0.4 is 14.9 Å². The standard InChI is InChI=1S/C46H49Cl3N6O6S/c1-4-6-18-53(19-7-5-2)46(59)43-42(49)28(3)55(51-43)41-15-12-31(23-37(41)44(57)35-10-8-9-32-25-50-33(27-56)24-36(32)35)45(58)52-62(60,61)34-13-16-40-30(22-34)17-20-54(40)26-29-11-14-38(47)39(48)21-29/h8-16,21-23,33,50,56H,4-7,17-20,24-27H2,1-3H3,(H,52,58). The number of nitrogens with one attached hydrogen (secondary N) is 2. The molecule has 0 bridgehead atoms. The Kier molecular flexibility index (Phi) is 14.1. The fourth-order valence-corrected chi connectivity index (χ4v) is 9.58. The van der Waals surface area contributed by atoms with Crippen molar-refractivity contribution in [3.8, 4) is 5.69 Å². The summed E-state index contributed by atoms with van der Waals surface area (Å²) in [5, 5.41) is 19.0. The number of unbranched alkanes of at least 4 members (excludes halogenated alkanes) is 2. The average Bonchev–Trinajstić information content (AvgIpc) is 3.81. The SMILES string of the molecule is CCCCN(CCCC)C(=O)c1nn(-c2ccc(C(=O)NS(=O)(=O)c3ccc4c(c3)CCN4Cc3ccc(Cl)c(Cl)c3)cc2C(=O)c2cccc3c2CC(CO)NC3)c(C)c1Cl. The maximum atomic E-state index is 14.9. The molecule has 0 saturated carbocycles. The first-order valence-electron chi connectivity index (χ1n) is 20.8. The summed E-state index contributed by atoms with van der Waals surface area (Å²) >= 11 is 19.2. The van der Waals surface area contributed by atoms with Gasteiger partial charge >= 0.3 is 0 Å². The van der Waals surface area contributed by atoms with E-state index in [1.54, 1.807) is 48.2 Å². The minimum atomic E-state index is -4.37. The van der Waals surface area contributed by atoms with Gasteiger partial charge in [0.2, 0.25) is 0 Å². The van der Waals surface area contributed by atoms with Crippen molar-refractivity contribution < 1.29 is 27.9 Å². The molecule has 5 aromatic rings. The van der Waals surface area contributed by atoms with Gasteiger partial charge in [-0.2, -0.15) is 5.10 Å². The molecule has 1 aromatic heterocycles. The van der Waals surface area contributed by atoms with Crippen molar-refractivity contribution >= 4 is 68.1 Å². The van der Waals surface area contributed by atoms with E-state index in [0.717, 1.165) is 53.6 Å². The van der Waals surface area contributed by atoms with Gasteiger partial charge in [0.25, 0.3) is 21.8 Å². The van der Waals surface area contributed by atoms with Gasteiger partial charge in [-0.25, -0.2) is 17.8 Å². The number of fused-ring (bicyclic) bond motifs is 2. The summed E-state index contributed by atoms with van der Waals surface area (Å²) in [6, 6.07) is 19.6. The van der Waals surface area contributed by atoms with Crippen molar-refractivity contribution in [2.75, 3.05) is 31.1 Å². The summed E-state index contributed by atoms with van der Waals surface area (Å²) in [4.78, 5) is 46.5. The summed E-state index contributed by atoms with van der Waals surface area (Å²) in [5.41, 5.74) is 5.28. The Balaban J connectivity index is 1.22. The summed E-state index contributed by atoms with van der Waals surface area (Å²) in [7, 11) is -4.37. The summed E-state index contributed by atoms with van der Waals surface area (Å²) in [5.74, 6) is -1.72. The van der Waals surface area contributed by atoms with Crippen LogP contribution in [-0.2, 0) is 36.0 Å². The van der Waals surface area contributed by atoms with Crippen molar-refractivity contribution in [3.05, 3.63) is 138 Å². The van der Waals surface area contributed by atoms with Crippen LogP contribution in [0.4, 0.5) is 5.69 Å². The Labute approximate surface area is 377 Å². The lowest BCUT2D eigenvalue weighted by Gasteiger charge is -2.26. The first kappa shape index (κ1) is 45.3. The second-order valence-electron chi connectivity index (χ2n) is 15.8. The topological polar surface area (TPSA) is 154 Å². The number of hydrogen-bond donors (Lipinski definition) is 3. The fraction of sp³-hybridized carbons (Fsp3) is 0.348. The van der Waals surface area contributed by atoms with Crippen LogP contribution in [0.3, 0.4) is 0 Å². The van der Waals surface area contributed by atoms with Gasteiger partial charge in [0.05, 0.1) is 38.0 Å². The number of amides is 2. The number of anilines is 1. The number of aliphatic hydroxyl groups is 1. The molecule has 3 heterocycles. The second-order valence-corrected chi connectivity index (χ2v) is 18.6. The van der Waals surface area contributed by atoms with Gasteiger partial charge in [0.1, 0.15) is 0 Å². The maximum absolute atomic E-state index is 14.9. The van der Waals surface area contributed by atoms with Gasteiger partial charge in [-0.3, -0.25) is 14.4 Å². The maximum Gasteiger partial charge on any atom is 0.275 e. The van der Waals surface area contributed by atoms with Gasteiger partial charge in [-0.05, 0) is 103 Å². The van der Waals surface area contributed by atoms with Crippen LogP contribution in [-0.4, -0.2) is 78.1 Å². The molecule has 7 rings (SSSR count). The van der Waals surface area contributed by atoms with E-state index >= 15 is 0 Å². The molecule has 3 N–H and O–H groups in total. The molecule has 2 aliphatic heterocycles. The average molecular weight is 920 g/mol. The zero-order valence-electron chi connectivity index (χ0n) is 34.8. The number of hydrogen-bond acceptors (Lipinski definition) is 9. The molecule has 0 saturated heterocycles. The van der Waals surface area contributed by atoms with E-state index in [9.17, 15) is 27.9 Å². The molecule has 0 aliphatic carbocycles. The van der Waals surface area contributed by atoms with Crippen molar-refractivity contribution in [2.24, 2.45) is 0 Å². The fourth-order valence-electron chi connectivity index (χ4n) is 8.04. The lowest BCUT2D eigenvalue weighted by atomic mass is 9.87. The molecule has 4 aromatic carbocycles. The van der Waals surface area contributed by atoms with Crippen LogP contribution >= 0.6 is 34.8 Å². The number of aromatic nitrogens is 2. The van der Waals surface area contributed by atoms with Crippen LogP contribution in [0.1, 0.15) is 104 Å². The van der Waals surface area contributed by atoms with E-state index in [0.29, 0.717) is 66.9 Å². The lowest BCUT2D eigenvalue weighted by molar-refractivity contribution is 0.0744. The molecular weight excluding hydrogens is 871 g/mol. The highest BCUT2D eigenvalue weighted by atomic mass is 35.5. The van der Waals surface area contributed by atoms with E-state index in [-0.39, 0.29) is 51.0 Å². The predicted octanol–water partition coefficient (Wildman–Crippen LogP) is 8.10. The molecule has 16 heteroatoms. The van der Waals surface area contributed by atoms with Crippen molar-refractivity contribution in [2.45, 2.75) is 83.3 Å². The van der Waals surface area contributed by atoms with Crippen molar-refractivity contribution in [1.82, 2.24) is 24.7 Å². The van der Waals surface area contributed by atoms with Crippen LogP contribution in [0, 0.1) is 6.92 Å². The molecule has 0 fully saturated rings. The van der Waals surface area contributed by atoms with E-state index in [1.807, 2.05) is 12.1 Å². The summed E-state index contributed by atoms with van der Waals surface area (Å²) < 4.78 is 31.3. The second kappa shape index (κ2) is 19.3. The Morgan fingerprint density at radius 2 is 1.65 bits per heavy atom. The zero-order chi connectivity index (χ0) is 44.3.